The van der Waals surface area contributed by atoms with Crippen molar-refractivity contribution in [3.05, 3.63) is 18.1 Å². The van der Waals surface area contributed by atoms with Gasteiger partial charge < -0.3 is 25.5 Å². The van der Waals surface area contributed by atoms with E-state index in [2.05, 4.69) is 15.0 Å². The number of aliphatic hydroxyl groups is 2. The molecule has 0 radical (unpaired) electrons. The summed E-state index contributed by atoms with van der Waals surface area (Å²) >= 11 is 0. The Balaban J connectivity index is 1.76. The van der Waals surface area contributed by atoms with Crippen LogP contribution < -0.4 is 5.73 Å². The summed E-state index contributed by atoms with van der Waals surface area (Å²) < 4.78 is 1.88. The molecule has 2 aliphatic carbocycles. The number of fused-ring (bicyclic) bond motifs is 4. The van der Waals surface area contributed by atoms with Gasteiger partial charge in [0.15, 0.2) is 5.65 Å². The van der Waals surface area contributed by atoms with Gasteiger partial charge in [-0.1, -0.05) is 0 Å². The Morgan fingerprint density at radius 3 is 2.86 bits per heavy atom. The highest BCUT2D eigenvalue weighted by Crippen LogP contribution is 2.57. The quantitative estimate of drug-likeness (QED) is 0.529. The molecule has 3 heterocycles. The molecule has 1 unspecified atom stereocenters. The Morgan fingerprint density at radius 2 is 2.14 bits per heavy atom. The van der Waals surface area contributed by atoms with E-state index in [1.165, 1.54) is 0 Å². The van der Waals surface area contributed by atoms with Crippen LogP contribution >= 0.6 is 0 Å². The van der Waals surface area contributed by atoms with Crippen molar-refractivity contribution in [3.8, 4) is 0 Å². The van der Waals surface area contributed by atoms with Crippen molar-refractivity contribution in [2.45, 2.75) is 31.6 Å². The zero-order chi connectivity index (χ0) is 15.2. The molecule has 7 nitrogen and oxygen atoms in total. The first-order chi connectivity index (χ1) is 10.6. The molecule has 3 aromatic heterocycles. The van der Waals surface area contributed by atoms with Crippen molar-refractivity contribution in [1.82, 2.24) is 19.5 Å². The lowest BCUT2D eigenvalue weighted by molar-refractivity contribution is 0.00387. The van der Waals surface area contributed by atoms with Gasteiger partial charge >= 0.3 is 0 Å². The van der Waals surface area contributed by atoms with Gasteiger partial charge in [-0.25, -0.2) is 9.97 Å². The predicted octanol–water partition coefficient (Wildman–Crippen LogP) is 0.716. The number of hydrogen-bond acceptors (Lipinski definition) is 5. The Kier molecular flexibility index (Phi) is 2.14. The van der Waals surface area contributed by atoms with E-state index in [4.69, 9.17) is 5.73 Å². The van der Waals surface area contributed by atoms with E-state index in [9.17, 15) is 10.2 Å². The molecular formula is C15H17N5O2. The monoisotopic (exact) mass is 299 g/mol. The average molecular weight is 299 g/mol. The summed E-state index contributed by atoms with van der Waals surface area (Å²) in [6.45, 7) is 1.97. The van der Waals surface area contributed by atoms with Crippen molar-refractivity contribution in [2.24, 2.45) is 11.8 Å². The maximum Gasteiger partial charge on any atom is 0.164 e. The van der Waals surface area contributed by atoms with Gasteiger partial charge in [-0.15, -0.1) is 0 Å². The van der Waals surface area contributed by atoms with Gasteiger partial charge in [-0.05, 0) is 31.2 Å². The van der Waals surface area contributed by atoms with Crippen LogP contribution in [0.2, 0.25) is 0 Å². The van der Waals surface area contributed by atoms with Gasteiger partial charge in [0.1, 0.15) is 17.4 Å². The predicted molar refractivity (Wildman–Crippen MR) is 81.2 cm³/mol. The van der Waals surface area contributed by atoms with Gasteiger partial charge in [0.05, 0.1) is 24.0 Å². The maximum absolute atomic E-state index is 10.3. The number of aliphatic hydroxyl groups excluding tert-OH is 2. The minimum Gasteiger partial charge on any atom is -0.390 e. The van der Waals surface area contributed by atoms with E-state index in [0.29, 0.717) is 17.4 Å². The van der Waals surface area contributed by atoms with Gasteiger partial charge in [0.25, 0.3) is 0 Å². The molecule has 0 aliphatic heterocycles. The SMILES string of the molecule is Cc1cc2c(N)nc3c(ncn3[C@H]3[C@H](O)[C@H](O)C4C[C@@H]43)c2[nH]1. The molecule has 7 heteroatoms. The van der Waals surface area contributed by atoms with E-state index in [0.717, 1.165) is 28.5 Å². The van der Waals surface area contributed by atoms with Crippen LogP contribution in [0.1, 0.15) is 18.2 Å². The first-order valence-electron chi connectivity index (χ1n) is 7.53. The summed E-state index contributed by atoms with van der Waals surface area (Å²) in [6.07, 6.45) is 1.22. The van der Waals surface area contributed by atoms with Gasteiger partial charge in [0.2, 0.25) is 0 Å². The normalized spacial score (nSPS) is 33.7. The van der Waals surface area contributed by atoms with Gasteiger partial charge in [-0.2, -0.15) is 0 Å². The minimum atomic E-state index is -0.773. The fourth-order valence-corrected chi connectivity index (χ4v) is 4.11. The molecule has 0 bridgehead atoms. The smallest absolute Gasteiger partial charge is 0.164 e. The van der Waals surface area contributed by atoms with E-state index in [-0.39, 0.29) is 12.0 Å². The van der Waals surface area contributed by atoms with E-state index >= 15 is 0 Å². The molecule has 5 rings (SSSR count). The van der Waals surface area contributed by atoms with E-state index < -0.39 is 12.2 Å². The first kappa shape index (κ1) is 12.4. The molecule has 0 aromatic carbocycles. The number of aryl methyl sites for hydroxylation is 1. The highest BCUT2D eigenvalue weighted by atomic mass is 16.3. The summed E-state index contributed by atoms with van der Waals surface area (Å²) in [7, 11) is 0. The average Bonchev–Trinajstić information content (AvgIpc) is 2.87. The molecule has 114 valence electrons. The number of aromatic nitrogens is 4. The fraction of sp³-hybridized carbons (Fsp3) is 0.467. The molecule has 0 spiro atoms. The lowest BCUT2D eigenvalue weighted by atomic mass is 10.1. The van der Waals surface area contributed by atoms with Gasteiger partial charge in [0, 0.05) is 11.1 Å². The molecule has 0 amide bonds. The van der Waals surface area contributed by atoms with Crippen molar-refractivity contribution in [3.63, 3.8) is 0 Å². The number of nitrogens with two attached hydrogens (primary N) is 1. The zero-order valence-corrected chi connectivity index (χ0v) is 12.1. The molecule has 5 N–H and O–H groups in total. The molecule has 22 heavy (non-hydrogen) atoms. The minimum absolute atomic E-state index is 0.176. The van der Waals surface area contributed by atoms with Crippen LogP contribution in [-0.4, -0.2) is 41.9 Å². The van der Waals surface area contributed by atoms with Crippen LogP contribution in [0, 0.1) is 18.8 Å². The number of anilines is 1. The second kappa shape index (κ2) is 3.80. The Labute approximate surface area is 125 Å². The first-order valence-corrected chi connectivity index (χ1v) is 7.53. The number of hydrogen-bond donors (Lipinski definition) is 4. The van der Waals surface area contributed by atoms with E-state index in [1.54, 1.807) is 6.33 Å². The number of nitrogen functional groups attached to an aromatic ring is 1. The lowest BCUT2D eigenvalue weighted by Gasteiger charge is -2.22. The fourth-order valence-electron chi connectivity index (χ4n) is 4.11. The number of aromatic amines is 1. The zero-order valence-electron chi connectivity index (χ0n) is 12.1. The number of nitrogens with zero attached hydrogens (tertiary/aromatic N) is 3. The largest absolute Gasteiger partial charge is 0.390 e. The number of pyridine rings is 1. The van der Waals surface area contributed by atoms with Crippen LogP contribution in [0.3, 0.4) is 0 Å². The summed E-state index contributed by atoms with van der Waals surface area (Å²) in [6, 6.07) is 1.78. The molecule has 0 saturated heterocycles. The lowest BCUT2D eigenvalue weighted by Crippen LogP contribution is -2.31. The Hall–Kier alpha value is -2.12. The topological polar surface area (TPSA) is 113 Å². The van der Waals surface area contributed by atoms with Crippen molar-refractivity contribution >= 4 is 27.9 Å². The highest BCUT2D eigenvalue weighted by molar-refractivity contribution is 6.05. The molecule has 2 saturated carbocycles. The second-order valence-corrected chi connectivity index (χ2v) is 6.60. The number of rotatable bonds is 1. The molecule has 5 atom stereocenters. The molecule has 2 fully saturated rings. The van der Waals surface area contributed by atoms with Crippen molar-refractivity contribution in [2.75, 3.05) is 5.73 Å². The standard InChI is InChI=1S/C15H17N5O2/c1-5-2-8-9(18-5)10-15(19-14(8)16)20(4-17-10)11-6-3-7(6)12(21)13(11)22/h2,4,6-7,11-13,18,21-22H,3H2,1H3,(H2,16,19)/t6-,7?,11+,12+,13-/m0/s1. The third kappa shape index (κ3) is 1.37. The van der Waals surface area contributed by atoms with E-state index in [1.807, 2.05) is 17.6 Å². The Morgan fingerprint density at radius 1 is 1.32 bits per heavy atom. The second-order valence-electron chi connectivity index (χ2n) is 6.60. The summed E-state index contributed by atoms with van der Waals surface area (Å²) in [5, 5.41) is 21.2. The molecule has 3 aromatic rings. The highest BCUT2D eigenvalue weighted by Gasteiger charge is 2.60. The Bertz CT molecular complexity index is 914. The van der Waals surface area contributed by atoms with Crippen LogP contribution in [0.25, 0.3) is 22.1 Å². The van der Waals surface area contributed by atoms with Crippen LogP contribution in [0.4, 0.5) is 5.82 Å². The number of H-pyrrole nitrogens is 1. The summed E-state index contributed by atoms with van der Waals surface area (Å²) in [4.78, 5) is 12.3. The summed E-state index contributed by atoms with van der Waals surface area (Å²) in [5.41, 5.74) is 9.38. The molecular weight excluding hydrogens is 282 g/mol. The number of nitrogens with one attached hydrogen (secondary N) is 1. The van der Waals surface area contributed by atoms with Crippen LogP contribution in [-0.2, 0) is 0 Å². The van der Waals surface area contributed by atoms with Crippen LogP contribution in [0.5, 0.6) is 0 Å². The van der Waals surface area contributed by atoms with Crippen molar-refractivity contribution in [1.29, 1.82) is 0 Å². The maximum atomic E-state index is 10.3. The van der Waals surface area contributed by atoms with Crippen LogP contribution in [0.15, 0.2) is 12.4 Å². The summed E-state index contributed by atoms with van der Waals surface area (Å²) in [5.74, 6) is 0.951. The van der Waals surface area contributed by atoms with Crippen molar-refractivity contribution < 1.29 is 10.2 Å². The third-order valence-electron chi connectivity index (χ3n) is 5.25. The third-order valence-corrected chi connectivity index (χ3v) is 5.25. The van der Waals surface area contributed by atoms with Gasteiger partial charge in [-0.3, -0.25) is 0 Å². The number of imidazole rings is 1. The molecule has 2 aliphatic rings.